The minimum absolute atomic E-state index is 0.436. The topological polar surface area (TPSA) is 26.3 Å². The van der Waals surface area contributed by atoms with Gasteiger partial charge in [-0.25, -0.2) is 0 Å². The molecule has 0 aliphatic carbocycles. The van der Waals surface area contributed by atoms with Crippen molar-refractivity contribution in [2.45, 2.75) is 39.3 Å². The second kappa shape index (κ2) is 5.14. The van der Waals surface area contributed by atoms with Crippen LogP contribution in [-0.4, -0.2) is 18.9 Å². The molecule has 0 saturated carbocycles. The van der Waals surface area contributed by atoms with Gasteiger partial charge in [0.1, 0.15) is 0 Å². The zero-order chi connectivity index (χ0) is 10.5. The Morgan fingerprint density at radius 2 is 2.00 bits per heavy atom. The Bertz CT molecular complexity index is 170. The Labute approximate surface area is 75.5 Å². The van der Waals surface area contributed by atoms with Crippen LogP contribution in [0, 0.1) is 0 Å². The van der Waals surface area contributed by atoms with Gasteiger partial charge >= 0.3 is 6.36 Å². The monoisotopic (exact) mass is 196 g/mol. The van der Waals surface area contributed by atoms with E-state index in [0.717, 1.165) is 12.8 Å². The third-order valence-electron chi connectivity index (χ3n) is 1.61. The largest absolute Gasteiger partial charge is 0.574 e. The van der Waals surface area contributed by atoms with Gasteiger partial charge in [0.25, 0.3) is 12.6 Å². The molecule has 0 aromatic carbocycles. The van der Waals surface area contributed by atoms with Crippen LogP contribution in [0.3, 0.4) is 0 Å². The zero-order valence-electron chi connectivity index (χ0n) is 7.65. The first-order valence-corrected chi connectivity index (χ1v) is 4.16. The van der Waals surface area contributed by atoms with Gasteiger partial charge in [-0.1, -0.05) is 32.9 Å². The summed E-state index contributed by atoms with van der Waals surface area (Å²) in [4.78, 5) is 10.7. The van der Waals surface area contributed by atoms with Gasteiger partial charge in [0.2, 0.25) is 0 Å². The van der Waals surface area contributed by atoms with Gasteiger partial charge in [-0.2, -0.15) is 0 Å². The SMILES string of the molecule is CCCCB(C)C(=O)OC(F)(F)F. The van der Waals surface area contributed by atoms with E-state index in [1.807, 2.05) is 6.92 Å². The summed E-state index contributed by atoms with van der Waals surface area (Å²) in [7, 11) is 0. The minimum Gasteiger partial charge on any atom is -0.382 e. The smallest absolute Gasteiger partial charge is 0.382 e. The van der Waals surface area contributed by atoms with Gasteiger partial charge < -0.3 is 4.74 Å². The number of unbranched alkanes of at least 4 members (excludes halogenated alkanes) is 1. The average Bonchev–Trinajstić information content (AvgIpc) is 1.96. The quantitative estimate of drug-likeness (QED) is 0.645. The summed E-state index contributed by atoms with van der Waals surface area (Å²) in [6.45, 7) is 2.66. The molecule has 0 aliphatic rings. The van der Waals surface area contributed by atoms with Crippen LogP contribution in [0.5, 0.6) is 0 Å². The Kier molecular flexibility index (Phi) is 4.87. The number of ether oxygens (including phenoxy) is 1. The van der Waals surface area contributed by atoms with Crippen molar-refractivity contribution in [2.75, 3.05) is 0 Å². The van der Waals surface area contributed by atoms with E-state index in [9.17, 15) is 18.0 Å². The van der Waals surface area contributed by atoms with Crippen molar-refractivity contribution in [3.05, 3.63) is 0 Å². The predicted octanol–water partition coefficient (Wildman–Crippen LogP) is 3.15. The molecule has 0 amide bonds. The highest BCUT2D eigenvalue weighted by Crippen LogP contribution is 2.18. The molecule has 0 atom stereocenters. The lowest BCUT2D eigenvalue weighted by Crippen LogP contribution is -2.29. The predicted molar refractivity (Wildman–Crippen MR) is 43.9 cm³/mol. The van der Waals surface area contributed by atoms with Gasteiger partial charge in [0.05, 0.1) is 0 Å². The highest BCUT2D eigenvalue weighted by Gasteiger charge is 2.36. The van der Waals surface area contributed by atoms with Gasteiger partial charge in [-0.15, -0.1) is 13.2 Å². The van der Waals surface area contributed by atoms with E-state index in [4.69, 9.17) is 0 Å². The first-order valence-electron chi connectivity index (χ1n) is 4.16. The van der Waals surface area contributed by atoms with Crippen LogP contribution in [0.4, 0.5) is 18.0 Å². The third-order valence-corrected chi connectivity index (χ3v) is 1.61. The molecule has 0 saturated heterocycles. The van der Waals surface area contributed by atoms with Crippen LogP contribution in [0.15, 0.2) is 0 Å². The summed E-state index contributed by atoms with van der Waals surface area (Å²) < 4.78 is 37.9. The molecule has 0 fully saturated rings. The van der Waals surface area contributed by atoms with Crippen LogP contribution >= 0.6 is 0 Å². The molecule has 0 N–H and O–H groups in total. The fraction of sp³-hybridized carbons (Fsp3) is 0.857. The molecule has 0 heterocycles. The molecule has 2 nitrogen and oxygen atoms in total. The molecule has 0 rings (SSSR count). The minimum atomic E-state index is -4.85. The van der Waals surface area contributed by atoms with E-state index in [0.29, 0.717) is 6.32 Å². The second-order valence-corrected chi connectivity index (χ2v) is 2.91. The Balaban J connectivity index is 3.83. The molecule has 6 heteroatoms. The maximum Gasteiger partial charge on any atom is 0.574 e. The van der Waals surface area contributed by atoms with Crippen molar-refractivity contribution in [3.63, 3.8) is 0 Å². The second-order valence-electron chi connectivity index (χ2n) is 2.91. The number of halogens is 3. The van der Waals surface area contributed by atoms with E-state index >= 15 is 0 Å². The summed E-state index contributed by atoms with van der Waals surface area (Å²) in [6.07, 6.45) is -2.83. The van der Waals surface area contributed by atoms with Crippen molar-refractivity contribution in [2.24, 2.45) is 0 Å². The van der Waals surface area contributed by atoms with Gasteiger partial charge in [-0.05, 0) is 0 Å². The Morgan fingerprint density at radius 1 is 1.46 bits per heavy atom. The molecule has 0 bridgehead atoms. The number of hydrogen-bond donors (Lipinski definition) is 0. The summed E-state index contributed by atoms with van der Waals surface area (Å²) in [5.74, 6) is -1.19. The van der Waals surface area contributed by atoms with Crippen LogP contribution in [0.2, 0.25) is 13.1 Å². The van der Waals surface area contributed by atoms with Crippen molar-refractivity contribution in [3.8, 4) is 0 Å². The van der Waals surface area contributed by atoms with E-state index in [-0.39, 0.29) is 0 Å². The summed E-state index contributed by atoms with van der Waals surface area (Å²) in [5, 5.41) is 0. The molecule has 76 valence electrons. The Morgan fingerprint density at radius 3 is 2.38 bits per heavy atom. The highest BCUT2D eigenvalue weighted by atomic mass is 19.4. The van der Waals surface area contributed by atoms with Gasteiger partial charge in [0.15, 0.2) is 0 Å². The molecule has 0 aromatic rings. The normalized spacial score (nSPS) is 11.2. The van der Waals surface area contributed by atoms with Gasteiger partial charge in [0, 0.05) is 0 Å². The molecule has 13 heavy (non-hydrogen) atoms. The number of carbonyl (C=O) groups is 1. The van der Waals surface area contributed by atoms with Crippen LogP contribution in [0.1, 0.15) is 19.8 Å². The average molecular weight is 196 g/mol. The van der Waals surface area contributed by atoms with E-state index in [1.54, 1.807) is 0 Å². The molecular weight excluding hydrogens is 184 g/mol. The fourth-order valence-electron chi connectivity index (χ4n) is 0.843. The molecule has 0 aliphatic heterocycles. The van der Waals surface area contributed by atoms with Crippen LogP contribution < -0.4 is 0 Å². The van der Waals surface area contributed by atoms with E-state index < -0.39 is 18.9 Å². The molecular formula is C7H12BF3O2. The van der Waals surface area contributed by atoms with E-state index in [1.165, 1.54) is 6.82 Å². The molecule has 0 aromatic heterocycles. The Hall–Kier alpha value is -0.675. The highest BCUT2D eigenvalue weighted by molar-refractivity contribution is 6.87. The molecule has 0 spiro atoms. The third kappa shape index (κ3) is 6.48. The van der Waals surface area contributed by atoms with Crippen LogP contribution in [-0.2, 0) is 4.74 Å². The lowest BCUT2D eigenvalue weighted by Gasteiger charge is -2.10. The summed E-state index contributed by atoms with van der Waals surface area (Å²) in [6, 6.07) is 0. The number of alkyl halides is 3. The first kappa shape index (κ1) is 12.3. The maximum atomic E-state index is 11.5. The standard InChI is InChI=1S/C7H12BF3O2/c1-3-4-5-8(2)6(12)13-7(9,10)11/h3-5H2,1-2H3. The van der Waals surface area contributed by atoms with Crippen molar-refractivity contribution in [1.82, 2.24) is 0 Å². The molecule has 0 unspecified atom stereocenters. The lowest BCUT2D eigenvalue weighted by atomic mass is 9.49. The van der Waals surface area contributed by atoms with Crippen molar-refractivity contribution < 1.29 is 22.7 Å². The van der Waals surface area contributed by atoms with Crippen molar-refractivity contribution >= 4 is 12.6 Å². The van der Waals surface area contributed by atoms with Gasteiger partial charge in [-0.3, -0.25) is 4.79 Å². The fourth-order valence-corrected chi connectivity index (χ4v) is 0.843. The van der Waals surface area contributed by atoms with E-state index in [2.05, 4.69) is 4.74 Å². The zero-order valence-corrected chi connectivity index (χ0v) is 7.65. The lowest BCUT2D eigenvalue weighted by molar-refractivity contribution is -0.287. The number of carbonyl (C=O) groups excluding carboxylic acids is 1. The summed E-state index contributed by atoms with van der Waals surface area (Å²) in [5.41, 5.74) is 0. The number of rotatable bonds is 4. The summed E-state index contributed by atoms with van der Waals surface area (Å²) >= 11 is 0. The first-order chi connectivity index (χ1) is 5.87. The maximum absolute atomic E-state index is 11.5. The van der Waals surface area contributed by atoms with Crippen LogP contribution in [0.25, 0.3) is 0 Å². The van der Waals surface area contributed by atoms with Crippen molar-refractivity contribution in [1.29, 1.82) is 0 Å². The number of hydrogen-bond acceptors (Lipinski definition) is 2. The molecule has 0 radical (unpaired) electrons.